The number of ether oxygens (including phenoxy) is 2. The van der Waals surface area contributed by atoms with E-state index in [0.717, 1.165) is 36.8 Å². The molecule has 2 bridgehead atoms. The highest BCUT2D eigenvalue weighted by molar-refractivity contribution is 5.91. The third-order valence-electron chi connectivity index (χ3n) is 8.57. The average Bonchev–Trinajstić information content (AvgIpc) is 3.42. The van der Waals surface area contributed by atoms with E-state index in [1.54, 1.807) is 7.11 Å². The third-order valence-corrected chi connectivity index (χ3v) is 8.57. The number of methoxy groups -OCH3 is 1. The van der Waals surface area contributed by atoms with Crippen molar-refractivity contribution in [3.8, 4) is 11.5 Å². The Balaban J connectivity index is 1.56. The van der Waals surface area contributed by atoms with Crippen molar-refractivity contribution < 1.29 is 14.3 Å². The van der Waals surface area contributed by atoms with Crippen LogP contribution in [0.5, 0.6) is 11.5 Å². The normalized spacial score (nSPS) is 41.9. The molecule has 6 atom stereocenters. The molecule has 1 saturated heterocycles. The maximum Gasteiger partial charge on any atom is 0.177 e. The third kappa shape index (κ3) is 1.90. The molecule has 1 unspecified atom stereocenters. The van der Waals surface area contributed by atoms with Gasteiger partial charge in [-0.25, -0.2) is 0 Å². The number of benzene rings is 1. The fraction of sp³-hybridized carbons (Fsp3) is 0.696. The van der Waals surface area contributed by atoms with E-state index in [1.165, 1.54) is 30.5 Å². The molecule has 5 aliphatic rings. The summed E-state index contributed by atoms with van der Waals surface area (Å²) in [5.41, 5.74) is 2.58. The first-order chi connectivity index (χ1) is 13.1. The minimum absolute atomic E-state index is 0.0679. The first-order valence-corrected chi connectivity index (χ1v) is 10.7. The number of carbonyl (C=O) groups is 1. The smallest absolute Gasteiger partial charge is 0.177 e. The highest BCUT2D eigenvalue weighted by Crippen LogP contribution is 2.65. The van der Waals surface area contributed by atoms with E-state index in [4.69, 9.17) is 9.47 Å². The van der Waals surface area contributed by atoms with Gasteiger partial charge in [-0.3, -0.25) is 9.69 Å². The van der Waals surface area contributed by atoms with Gasteiger partial charge in [0.1, 0.15) is 0 Å². The monoisotopic (exact) mass is 367 g/mol. The zero-order valence-corrected chi connectivity index (χ0v) is 16.5. The van der Waals surface area contributed by atoms with Crippen LogP contribution < -0.4 is 9.47 Å². The molecule has 144 valence electrons. The summed E-state index contributed by atoms with van der Waals surface area (Å²) < 4.78 is 12.1. The van der Waals surface area contributed by atoms with Crippen LogP contribution in [0.4, 0.5) is 0 Å². The van der Waals surface area contributed by atoms with Crippen LogP contribution in [0.25, 0.3) is 0 Å². The Morgan fingerprint density at radius 3 is 2.85 bits per heavy atom. The zero-order valence-electron chi connectivity index (χ0n) is 16.5. The van der Waals surface area contributed by atoms with Gasteiger partial charge in [0.2, 0.25) is 0 Å². The Bertz CT molecular complexity index is 831. The largest absolute Gasteiger partial charge is 0.493 e. The maximum atomic E-state index is 13.4. The second-order valence-corrected chi connectivity index (χ2v) is 9.71. The minimum Gasteiger partial charge on any atom is -0.493 e. The number of piperidine rings is 1. The number of nitrogens with zero attached hydrogens (tertiary/aromatic N) is 1. The average molecular weight is 367 g/mol. The summed E-state index contributed by atoms with van der Waals surface area (Å²) in [4.78, 5) is 16.1. The topological polar surface area (TPSA) is 38.8 Å². The van der Waals surface area contributed by atoms with E-state index < -0.39 is 0 Å². The van der Waals surface area contributed by atoms with E-state index in [1.807, 2.05) is 6.07 Å². The van der Waals surface area contributed by atoms with E-state index in [9.17, 15) is 4.79 Å². The van der Waals surface area contributed by atoms with E-state index >= 15 is 0 Å². The zero-order chi connectivity index (χ0) is 18.5. The summed E-state index contributed by atoms with van der Waals surface area (Å²) in [7, 11) is 1.70. The van der Waals surface area contributed by atoms with Crippen LogP contribution in [-0.2, 0) is 16.6 Å². The molecule has 1 aromatic rings. The predicted octanol–water partition coefficient (Wildman–Crippen LogP) is 3.21. The lowest BCUT2D eigenvalue weighted by Crippen LogP contribution is -2.69. The summed E-state index contributed by atoms with van der Waals surface area (Å²) in [6, 6.07) is 4.82. The fourth-order valence-corrected chi connectivity index (χ4v) is 7.03. The van der Waals surface area contributed by atoms with Gasteiger partial charge < -0.3 is 9.47 Å². The molecule has 6 rings (SSSR count). The van der Waals surface area contributed by atoms with Crippen LogP contribution >= 0.6 is 0 Å². The molecule has 1 aromatic carbocycles. The van der Waals surface area contributed by atoms with Gasteiger partial charge in [-0.15, -0.1) is 0 Å². The van der Waals surface area contributed by atoms with Gasteiger partial charge in [0.15, 0.2) is 23.4 Å². The quantitative estimate of drug-likeness (QED) is 0.822. The minimum atomic E-state index is -0.315. The van der Waals surface area contributed by atoms with Crippen molar-refractivity contribution in [1.82, 2.24) is 4.90 Å². The van der Waals surface area contributed by atoms with Gasteiger partial charge >= 0.3 is 0 Å². The van der Waals surface area contributed by atoms with Gasteiger partial charge in [0.05, 0.1) is 7.11 Å². The molecule has 0 aromatic heterocycles. The number of rotatable bonds is 3. The van der Waals surface area contributed by atoms with Crippen molar-refractivity contribution in [2.75, 3.05) is 20.2 Å². The van der Waals surface area contributed by atoms with Crippen LogP contribution in [0.3, 0.4) is 0 Å². The molecule has 2 aliphatic heterocycles. The van der Waals surface area contributed by atoms with Crippen LogP contribution in [0, 0.1) is 23.7 Å². The molecule has 4 nitrogen and oxygen atoms in total. The first-order valence-electron chi connectivity index (χ1n) is 10.7. The standard InChI is InChI=1S/C23H29NO3/c1-12-13(2)20(25)22-23-8-9-24(11-14-4-5-14)16(18(12)23)10-15-6-7-17(26-3)21(27-22)19(15)23/h6-7,12-14,16,18,22H,4-5,8-11H2,1-3H3/t12-,13-,16+,18-,22?,23-/m0/s1. The Morgan fingerprint density at radius 2 is 2.11 bits per heavy atom. The van der Waals surface area contributed by atoms with Gasteiger partial charge in [-0.05, 0) is 61.6 Å². The van der Waals surface area contributed by atoms with E-state index in [-0.39, 0.29) is 17.4 Å². The molecule has 4 heteroatoms. The molecule has 0 N–H and O–H groups in total. The number of hydrogen-bond donors (Lipinski definition) is 0. The van der Waals surface area contributed by atoms with E-state index in [2.05, 4.69) is 24.8 Å². The SMILES string of the molecule is COc1ccc2c3c1OC1C(=O)[C@@H](C)[C@H](C)[C@H]4[C@@H](C2)N(CC2CC2)CC[C@]314. The number of Topliss-reactive ketones (excluding diaryl/α,β-unsaturated/α-hetero) is 1. The number of carbonyl (C=O) groups excluding carboxylic acids is 1. The van der Waals surface area contributed by atoms with Gasteiger partial charge in [-0.1, -0.05) is 19.9 Å². The van der Waals surface area contributed by atoms with E-state index in [0.29, 0.717) is 23.7 Å². The van der Waals surface area contributed by atoms with Crippen LogP contribution in [0.1, 0.15) is 44.2 Å². The number of hydrogen-bond acceptors (Lipinski definition) is 4. The maximum absolute atomic E-state index is 13.4. The Morgan fingerprint density at radius 1 is 1.30 bits per heavy atom. The van der Waals surface area contributed by atoms with Crippen molar-refractivity contribution in [1.29, 1.82) is 0 Å². The second kappa shape index (κ2) is 5.28. The molecule has 1 spiro atoms. The lowest BCUT2D eigenvalue weighted by Gasteiger charge is -2.61. The Hall–Kier alpha value is -1.55. The molecular formula is C23H29NO3. The molecular weight excluding hydrogens is 338 g/mol. The summed E-state index contributed by atoms with van der Waals surface area (Å²) in [5.74, 6) is 3.84. The van der Waals surface area contributed by atoms with Crippen LogP contribution in [-0.4, -0.2) is 43.0 Å². The van der Waals surface area contributed by atoms with Crippen molar-refractivity contribution in [2.24, 2.45) is 23.7 Å². The van der Waals surface area contributed by atoms with Crippen molar-refractivity contribution in [3.63, 3.8) is 0 Å². The second-order valence-electron chi connectivity index (χ2n) is 9.71. The summed E-state index contributed by atoms with van der Waals surface area (Å²) in [5, 5.41) is 0. The highest BCUT2D eigenvalue weighted by atomic mass is 16.5. The Labute approximate surface area is 161 Å². The lowest BCUT2D eigenvalue weighted by atomic mass is 9.47. The van der Waals surface area contributed by atoms with Gasteiger partial charge in [0.25, 0.3) is 0 Å². The van der Waals surface area contributed by atoms with Crippen molar-refractivity contribution >= 4 is 5.78 Å². The number of ketones is 1. The Kier molecular flexibility index (Phi) is 3.21. The lowest BCUT2D eigenvalue weighted by molar-refractivity contribution is -0.151. The molecule has 0 radical (unpaired) electrons. The van der Waals surface area contributed by atoms with Crippen LogP contribution in [0.2, 0.25) is 0 Å². The number of likely N-dealkylation sites (tertiary alicyclic amines) is 1. The fourth-order valence-electron chi connectivity index (χ4n) is 7.03. The summed E-state index contributed by atoms with van der Waals surface area (Å²) in [6.45, 7) is 6.79. The van der Waals surface area contributed by atoms with Gasteiger partial charge in [0, 0.05) is 29.5 Å². The predicted molar refractivity (Wildman–Crippen MR) is 102 cm³/mol. The molecule has 3 fully saturated rings. The highest BCUT2D eigenvalue weighted by Gasteiger charge is 2.69. The first kappa shape index (κ1) is 16.4. The van der Waals surface area contributed by atoms with Gasteiger partial charge in [-0.2, -0.15) is 0 Å². The molecule has 2 heterocycles. The summed E-state index contributed by atoms with van der Waals surface area (Å²) >= 11 is 0. The molecule has 0 amide bonds. The van der Waals surface area contributed by atoms with Crippen molar-refractivity contribution in [3.05, 3.63) is 23.3 Å². The molecule has 27 heavy (non-hydrogen) atoms. The molecule has 3 aliphatic carbocycles. The van der Waals surface area contributed by atoms with Crippen LogP contribution in [0.15, 0.2) is 12.1 Å². The summed E-state index contributed by atoms with van der Waals surface area (Å²) in [6.07, 6.45) is 4.61. The van der Waals surface area contributed by atoms with Crippen molar-refractivity contribution in [2.45, 2.75) is 57.1 Å². The molecule has 2 saturated carbocycles.